The molecule has 0 radical (unpaired) electrons. The molecule has 2 amide bonds. The molecule has 0 atom stereocenters. The van der Waals surface area contributed by atoms with Crippen molar-refractivity contribution in [2.45, 2.75) is 44.7 Å². The highest BCUT2D eigenvalue weighted by atomic mass is 16.5. The molecule has 2 aromatic heterocycles. The molecule has 0 bridgehead atoms. The van der Waals surface area contributed by atoms with Crippen LogP contribution in [0.5, 0.6) is 5.75 Å². The Hall–Kier alpha value is -3.62. The molecule has 0 aliphatic heterocycles. The van der Waals surface area contributed by atoms with Crippen LogP contribution < -0.4 is 15.4 Å². The van der Waals surface area contributed by atoms with Crippen molar-refractivity contribution in [3.63, 3.8) is 0 Å². The van der Waals surface area contributed by atoms with Crippen molar-refractivity contribution in [1.82, 2.24) is 25.6 Å². The van der Waals surface area contributed by atoms with E-state index in [4.69, 9.17) is 9.47 Å². The molecular weight excluding hydrogens is 410 g/mol. The van der Waals surface area contributed by atoms with E-state index < -0.39 is 0 Å². The molecule has 9 nitrogen and oxygen atoms in total. The first-order valence-corrected chi connectivity index (χ1v) is 10.8. The zero-order valence-electron chi connectivity index (χ0n) is 18.2. The van der Waals surface area contributed by atoms with E-state index in [2.05, 4.69) is 25.6 Å². The van der Waals surface area contributed by atoms with Crippen molar-refractivity contribution in [2.24, 2.45) is 0 Å². The predicted molar refractivity (Wildman–Crippen MR) is 120 cm³/mol. The fourth-order valence-electron chi connectivity index (χ4n) is 4.14. The number of aromatic amines is 1. The van der Waals surface area contributed by atoms with Crippen LogP contribution in [-0.2, 0) is 4.74 Å². The first-order valence-electron chi connectivity index (χ1n) is 10.8. The Morgan fingerprint density at radius 2 is 1.81 bits per heavy atom. The molecule has 0 spiro atoms. The van der Waals surface area contributed by atoms with Crippen molar-refractivity contribution in [1.29, 1.82) is 0 Å². The van der Waals surface area contributed by atoms with Crippen LogP contribution in [0.3, 0.4) is 0 Å². The molecule has 0 saturated heterocycles. The smallest absolute Gasteiger partial charge is 0.407 e. The molecule has 0 unspecified atom stereocenters. The number of carbonyl (C=O) groups excluding carboxylic acids is 2. The monoisotopic (exact) mass is 437 g/mol. The van der Waals surface area contributed by atoms with Gasteiger partial charge in [0.1, 0.15) is 23.3 Å². The molecule has 9 heteroatoms. The summed E-state index contributed by atoms with van der Waals surface area (Å²) in [6, 6.07) is 7.72. The maximum absolute atomic E-state index is 13.0. The number of alkyl carbamates (subject to hydrolysis) is 1. The Bertz CT molecular complexity index is 1100. The van der Waals surface area contributed by atoms with Crippen molar-refractivity contribution in [3.8, 4) is 17.0 Å². The Kier molecular flexibility index (Phi) is 6.53. The number of benzene rings is 1. The predicted octanol–water partition coefficient (Wildman–Crippen LogP) is 3.42. The number of para-hydroxylation sites is 1. The molecule has 1 fully saturated rings. The average Bonchev–Trinajstić information content (AvgIpc) is 3.25. The van der Waals surface area contributed by atoms with E-state index in [0.29, 0.717) is 34.6 Å². The highest BCUT2D eigenvalue weighted by Crippen LogP contribution is 2.32. The molecule has 168 valence electrons. The van der Waals surface area contributed by atoms with E-state index in [1.807, 2.05) is 24.3 Å². The second-order valence-corrected chi connectivity index (χ2v) is 7.74. The zero-order chi connectivity index (χ0) is 22.5. The van der Waals surface area contributed by atoms with Crippen LogP contribution in [0.4, 0.5) is 4.79 Å². The van der Waals surface area contributed by atoms with Crippen molar-refractivity contribution in [2.75, 3.05) is 13.7 Å². The Morgan fingerprint density at radius 3 is 2.53 bits per heavy atom. The summed E-state index contributed by atoms with van der Waals surface area (Å²) in [7, 11) is 1.61. The molecule has 3 aromatic rings. The van der Waals surface area contributed by atoms with Crippen LogP contribution >= 0.6 is 0 Å². The summed E-state index contributed by atoms with van der Waals surface area (Å²) in [5, 5.41) is 5.98. The molecule has 1 aliphatic rings. The van der Waals surface area contributed by atoms with Crippen LogP contribution in [0.25, 0.3) is 22.3 Å². The third kappa shape index (κ3) is 4.51. The minimum absolute atomic E-state index is 0.0446. The van der Waals surface area contributed by atoms with Gasteiger partial charge in [0.05, 0.1) is 24.8 Å². The van der Waals surface area contributed by atoms with Gasteiger partial charge in [-0.15, -0.1) is 0 Å². The molecular formula is C23H27N5O4. The number of nitrogens with zero attached hydrogens (tertiary/aromatic N) is 2. The van der Waals surface area contributed by atoms with E-state index in [9.17, 15) is 9.59 Å². The Labute approximate surface area is 185 Å². The zero-order valence-corrected chi connectivity index (χ0v) is 18.2. The van der Waals surface area contributed by atoms with Gasteiger partial charge in [0.25, 0.3) is 5.91 Å². The van der Waals surface area contributed by atoms with Crippen molar-refractivity contribution >= 4 is 23.0 Å². The standard InChI is InChI=1S/C23H27N5O4/c1-3-32-23(30)28-15-10-8-14(9-11-15)27-22(29)17-12-24-21-19(25-13-26-20(17)21)16-6-4-5-7-18(16)31-2/h4-7,12-15,24H,3,8-11H2,1-2H3,(H,27,29)(H,28,30). The summed E-state index contributed by atoms with van der Waals surface area (Å²) in [4.78, 5) is 36.5. The van der Waals surface area contributed by atoms with Gasteiger partial charge in [0, 0.05) is 23.8 Å². The van der Waals surface area contributed by atoms with E-state index in [1.165, 1.54) is 6.33 Å². The fraction of sp³-hybridized carbons (Fsp3) is 0.391. The molecule has 3 N–H and O–H groups in total. The normalized spacial score (nSPS) is 18.2. The quantitative estimate of drug-likeness (QED) is 0.544. The summed E-state index contributed by atoms with van der Waals surface area (Å²) in [5.74, 6) is 0.518. The van der Waals surface area contributed by atoms with E-state index in [0.717, 1.165) is 31.2 Å². The van der Waals surface area contributed by atoms with E-state index in [-0.39, 0.29) is 24.1 Å². The Balaban J connectivity index is 1.46. The number of nitrogens with one attached hydrogen (secondary N) is 3. The van der Waals surface area contributed by atoms with Gasteiger partial charge < -0.3 is 25.1 Å². The van der Waals surface area contributed by atoms with Gasteiger partial charge in [-0.3, -0.25) is 4.79 Å². The number of methoxy groups -OCH3 is 1. The maximum Gasteiger partial charge on any atom is 0.407 e. The number of fused-ring (bicyclic) bond motifs is 1. The molecule has 32 heavy (non-hydrogen) atoms. The van der Waals surface area contributed by atoms with E-state index >= 15 is 0 Å². The van der Waals surface area contributed by atoms with Crippen molar-refractivity contribution in [3.05, 3.63) is 42.4 Å². The first kappa shape index (κ1) is 21.6. The van der Waals surface area contributed by atoms with Crippen LogP contribution in [-0.4, -0.2) is 52.8 Å². The average molecular weight is 438 g/mol. The Morgan fingerprint density at radius 1 is 1.09 bits per heavy atom. The molecule has 4 rings (SSSR count). The molecule has 2 heterocycles. The number of hydrogen-bond donors (Lipinski definition) is 3. The van der Waals surface area contributed by atoms with Crippen LogP contribution in [0.15, 0.2) is 36.8 Å². The van der Waals surface area contributed by atoms with Gasteiger partial charge in [0.15, 0.2) is 0 Å². The molecule has 1 aromatic carbocycles. The maximum atomic E-state index is 13.0. The highest BCUT2D eigenvalue weighted by molar-refractivity contribution is 6.07. The lowest BCUT2D eigenvalue weighted by Crippen LogP contribution is -2.43. The van der Waals surface area contributed by atoms with Gasteiger partial charge >= 0.3 is 6.09 Å². The van der Waals surface area contributed by atoms with Crippen LogP contribution in [0, 0.1) is 0 Å². The summed E-state index contributed by atoms with van der Waals surface area (Å²) >= 11 is 0. The lowest BCUT2D eigenvalue weighted by molar-refractivity contribution is 0.0923. The number of H-pyrrole nitrogens is 1. The summed E-state index contributed by atoms with van der Waals surface area (Å²) in [6.07, 6.45) is 5.89. The molecule has 1 saturated carbocycles. The van der Waals surface area contributed by atoms with Crippen LogP contribution in [0.2, 0.25) is 0 Å². The highest BCUT2D eigenvalue weighted by Gasteiger charge is 2.25. The van der Waals surface area contributed by atoms with E-state index in [1.54, 1.807) is 20.2 Å². The number of carbonyl (C=O) groups is 2. The van der Waals surface area contributed by atoms with Gasteiger partial charge in [-0.05, 0) is 44.7 Å². The minimum atomic E-state index is -0.385. The largest absolute Gasteiger partial charge is 0.496 e. The van der Waals surface area contributed by atoms with Crippen LogP contribution in [0.1, 0.15) is 43.0 Å². The van der Waals surface area contributed by atoms with Gasteiger partial charge in [-0.2, -0.15) is 0 Å². The summed E-state index contributed by atoms with van der Waals surface area (Å²) in [6.45, 7) is 2.13. The van der Waals surface area contributed by atoms with Gasteiger partial charge in [-0.1, -0.05) is 12.1 Å². The van der Waals surface area contributed by atoms with Crippen molar-refractivity contribution < 1.29 is 19.1 Å². The fourth-order valence-corrected chi connectivity index (χ4v) is 4.14. The van der Waals surface area contributed by atoms with Gasteiger partial charge in [0.2, 0.25) is 0 Å². The molecule has 1 aliphatic carbocycles. The first-order chi connectivity index (χ1) is 15.6. The third-order valence-corrected chi connectivity index (χ3v) is 5.73. The summed E-state index contributed by atoms with van der Waals surface area (Å²) < 4.78 is 10.4. The number of hydrogen-bond acceptors (Lipinski definition) is 6. The number of ether oxygens (including phenoxy) is 2. The number of aromatic nitrogens is 3. The number of rotatable bonds is 6. The SMILES string of the molecule is CCOC(=O)NC1CCC(NC(=O)c2c[nH]c3c(-c4ccccc4OC)ncnc23)CC1. The summed E-state index contributed by atoms with van der Waals surface area (Å²) in [5.41, 5.74) is 3.23. The third-order valence-electron chi connectivity index (χ3n) is 5.73. The second kappa shape index (κ2) is 9.67. The lowest BCUT2D eigenvalue weighted by Gasteiger charge is -2.29. The topological polar surface area (TPSA) is 118 Å². The minimum Gasteiger partial charge on any atom is -0.496 e. The lowest BCUT2D eigenvalue weighted by atomic mass is 9.91. The number of amides is 2. The van der Waals surface area contributed by atoms with Gasteiger partial charge in [-0.25, -0.2) is 14.8 Å². The second-order valence-electron chi connectivity index (χ2n) is 7.74.